The largest absolute Gasteiger partial charge is 0.340 e. The molecule has 96 valence electrons. The molecule has 1 aromatic rings. The summed E-state index contributed by atoms with van der Waals surface area (Å²) in [4.78, 5) is 6.80. The monoisotopic (exact) mass is 300 g/mol. The van der Waals surface area contributed by atoms with Gasteiger partial charge in [0.2, 0.25) is 5.95 Å². The van der Waals surface area contributed by atoms with Gasteiger partial charge in [0.15, 0.2) is 0 Å². The molecule has 17 heavy (non-hydrogen) atoms. The van der Waals surface area contributed by atoms with Crippen molar-refractivity contribution in [3.63, 3.8) is 0 Å². The predicted molar refractivity (Wildman–Crippen MR) is 74.9 cm³/mol. The first-order valence-corrected chi connectivity index (χ1v) is 7.42. The number of aryl methyl sites for hydroxylation is 2. The van der Waals surface area contributed by atoms with Gasteiger partial charge in [0.25, 0.3) is 0 Å². The van der Waals surface area contributed by atoms with E-state index in [4.69, 9.17) is 0 Å². The fourth-order valence-corrected chi connectivity index (χ4v) is 1.96. The molecule has 0 N–H and O–H groups in total. The Bertz CT molecular complexity index is 343. The Balaban J connectivity index is 2.88. The molecule has 0 spiro atoms. The number of aromatic nitrogens is 3. The van der Waals surface area contributed by atoms with Crippen LogP contribution in [0.1, 0.15) is 38.6 Å². The number of rotatable bonds is 7. The van der Waals surface area contributed by atoms with Crippen molar-refractivity contribution >= 4 is 21.9 Å². The molecule has 0 amide bonds. The van der Waals surface area contributed by atoms with E-state index < -0.39 is 0 Å². The summed E-state index contributed by atoms with van der Waals surface area (Å²) in [5.41, 5.74) is 2.10. The van der Waals surface area contributed by atoms with E-state index >= 15 is 0 Å². The molecule has 0 aromatic carbocycles. The fraction of sp³-hybridized carbons (Fsp3) is 0.750. The third kappa shape index (κ3) is 3.91. The van der Waals surface area contributed by atoms with E-state index in [2.05, 4.69) is 56.8 Å². The number of halogens is 1. The van der Waals surface area contributed by atoms with Crippen molar-refractivity contribution in [1.29, 1.82) is 0 Å². The summed E-state index contributed by atoms with van der Waals surface area (Å²) in [5, 5.41) is 9.52. The average Bonchev–Trinajstić information content (AvgIpc) is 2.39. The molecule has 1 rings (SSSR count). The van der Waals surface area contributed by atoms with E-state index in [1.54, 1.807) is 0 Å². The Morgan fingerprint density at radius 3 is 2.29 bits per heavy atom. The normalized spacial score (nSPS) is 10.6. The van der Waals surface area contributed by atoms with Crippen LogP contribution in [0, 0.1) is 0 Å². The molecule has 4 nitrogen and oxygen atoms in total. The lowest BCUT2D eigenvalue weighted by Gasteiger charge is -2.20. The van der Waals surface area contributed by atoms with E-state index in [0.717, 1.165) is 55.0 Å². The van der Waals surface area contributed by atoms with Gasteiger partial charge < -0.3 is 4.90 Å². The maximum absolute atomic E-state index is 4.62. The summed E-state index contributed by atoms with van der Waals surface area (Å²) < 4.78 is 0. The van der Waals surface area contributed by atoms with Crippen LogP contribution < -0.4 is 4.90 Å². The van der Waals surface area contributed by atoms with Crippen LogP contribution in [0.4, 0.5) is 5.95 Å². The number of anilines is 1. The standard InChI is InChI=1S/C12H21BrN4/c1-4-10-11(5-2)15-16-12(14-10)17(6-3)9-7-8-13/h4-9H2,1-3H3. The number of alkyl halides is 1. The minimum absolute atomic E-state index is 0.766. The molecule has 0 fully saturated rings. The smallest absolute Gasteiger partial charge is 0.245 e. The van der Waals surface area contributed by atoms with E-state index in [9.17, 15) is 0 Å². The predicted octanol–water partition coefficient (Wildman–Crippen LogP) is 2.61. The minimum Gasteiger partial charge on any atom is -0.340 e. The van der Waals surface area contributed by atoms with Gasteiger partial charge in [-0.3, -0.25) is 0 Å². The SMILES string of the molecule is CCc1nnc(N(CC)CCCBr)nc1CC. The van der Waals surface area contributed by atoms with Crippen molar-refractivity contribution in [2.75, 3.05) is 23.3 Å². The summed E-state index contributed by atoms with van der Waals surface area (Å²) in [6.07, 6.45) is 2.91. The van der Waals surface area contributed by atoms with Crippen LogP contribution in [0.2, 0.25) is 0 Å². The first-order valence-electron chi connectivity index (χ1n) is 6.30. The van der Waals surface area contributed by atoms with Crippen LogP contribution in [-0.4, -0.2) is 33.6 Å². The third-order valence-corrected chi connectivity index (χ3v) is 3.28. The molecule has 5 heteroatoms. The number of hydrogen-bond donors (Lipinski definition) is 0. The minimum atomic E-state index is 0.766. The van der Waals surface area contributed by atoms with Gasteiger partial charge in [0.05, 0.1) is 11.4 Å². The molecule has 0 aliphatic heterocycles. The molecule has 0 radical (unpaired) electrons. The second-order valence-corrected chi connectivity index (χ2v) is 4.63. The average molecular weight is 301 g/mol. The van der Waals surface area contributed by atoms with Crippen LogP contribution in [0.5, 0.6) is 0 Å². The van der Waals surface area contributed by atoms with E-state index in [-0.39, 0.29) is 0 Å². The molecule has 0 unspecified atom stereocenters. The summed E-state index contributed by atoms with van der Waals surface area (Å²) in [7, 11) is 0. The van der Waals surface area contributed by atoms with Gasteiger partial charge >= 0.3 is 0 Å². The molecule has 0 aliphatic carbocycles. The zero-order chi connectivity index (χ0) is 12.7. The molecule has 1 heterocycles. The molecule has 1 aromatic heterocycles. The number of hydrogen-bond acceptors (Lipinski definition) is 4. The summed E-state index contributed by atoms with van der Waals surface area (Å²) in [5.74, 6) is 0.766. The Morgan fingerprint density at radius 2 is 1.76 bits per heavy atom. The van der Waals surface area contributed by atoms with E-state index in [1.807, 2.05) is 0 Å². The van der Waals surface area contributed by atoms with Crippen molar-refractivity contribution in [3.8, 4) is 0 Å². The highest BCUT2D eigenvalue weighted by Gasteiger charge is 2.11. The summed E-state index contributed by atoms with van der Waals surface area (Å²) >= 11 is 3.45. The zero-order valence-electron chi connectivity index (χ0n) is 10.9. The quantitative estimate of drug-likeness (QED) is 0.726. The molecule has 0 bridgehead atoms. The van der Waals surface area contributed by atoms with Gasteiger partial charge in [-0.1, -0.05) is 29.8 Å². The first-order chi connectivity index (χ1) is 8.26. The fourth-order valence-electron chi connectivity index (χ4n) is 1.71. The van der Waals surface area contributed by atoms with Gasteiger partial charge in [-0.15, -0.1) is 5.10 Å². The third-order valence-electron chi connectivity index (χ3n) is 2.72. The molecule has 0 aliphatic rings. The Labute approximate surface area is 112 Å². The molecular formula is C12H21BrN4. The van der Waals surface area contributed by atoms with Crippen molar-refractivity contribution in [3.05, 3.63) is 11.4 Å². The van der Waals surface area contributed by atoms with Crippen LogP contribution in [-0.2, 0) is 12.8 Å². The lowest BCUT2D eigenvalue weighted by molar-refractivity contribution is 0.727. The van der Waals surface area contributed by atoms with Gasteiger partial charge in [-0.05, 0) is 26.2 Å². The van der Waals surface area contributed by atoms with Crippen LogP contribution >= 0.6 is 15.9 Å². The van der Waals surface area contributed by atoms with E-state index in [1.165, 1.54) is 0 Å². The summed E-state index contributed by atoms with van der Waals surface area (Å²) in [6, 6.07) is 0. The van der Waals surface area contributed by atoms with Gasteiger partial charge in [0.1, 0.15) is 0 Å². The van der Waals surface area contributed by atoms with Crippen LogP contribution in [0.25, 0.3) is 0 Å². The maximum Gasteiger partial charge on any atom is 0.245 e. The molecule has 0 saturated heterocycles. The van der Waals surface area contributed by atoms with Crippen LogP contribution in [0.3, 0.4) is 0 Å². The summed E-state index contributed by atoms with van der Waals surface area (Å²) in [6.45, 7) is 8.22. The highest BCUT2D eigenvalue weighted by molar-refractivity contribution is 9.09. The van der Waals surface area contributed by atoms with Gasteiger partial charge in [-0.2, -0.15) is 5.10 Å². The van der Waals surface area contributed by atoms with E-state index in [0.29, 0.717) is 0 Å². The Morgan fingerprint density at radius 1 is 1.06 bits per heavy atom. The van der Waals surface area contributed by atoms with Gasteiger partial charge in [0, 0.05) is 18.4 Å². The lowest BCUT2D eigenvalue weighted by Crippen LogP contribution is -2.27. The lowest BCUT2D eigenvalue weighted by atomic mass is 10.2. The first kappa shape index (κ1) is 14.4. The second kappa shape index (κ2) is 7.58. The highest BCUT2D eigenvalue weighted by atomic mass is 79.9. The van der Waals surface area contributed by atoms with Crippen molar-refractivity contribution < 1.29 is 0 Å². The Kier molecular flexibility index (Phi) is 6.40. The van der Waals surface area contributed by atoms with Crippen molar-refractivity contribution in [2.45, 2.75) is 40.0 Å². The van der Waals surface area contributed by atoms with Crippen LogP contribution in [0.15, 0.2) is 0 Å². The zero-order valence-corrected chi connectivity index (χ0v) is 12.5. The second-order valence-electron chi connectivity index (χ2n) is 3.83. The topological polar surface area (TPSA) is 41.9 Å². The molecule has 0 saturated carbocycles. The van der Waals surface area contributed by atoms with Crippen molar-refractivity contribution in [2.24, 2.45) is 0 Å². The highest BCUT2D eigenvalue weighted by Crippen LogP contribution is 2.11. The van der Waals surface area contributed by atoms with Crippen molar-refractivity contribution in [1.82, 2.24) is 15.2 Å². The number of nitrogens with zero attached hydrogens (tertiary/aromatic N) is 4. The molecular weight excluding hydrogens is 280 g/mol. The van der Waals surface area contributed by atoms with Gasteiger partial charge in [-0.25, -0.2) is 4.98 Å². The Hall–Kier alpha value is -0.710. The maximum atomic E-state index is 4.62. The molecule has 0 atom stereocenters.